The first-order valence-electron chi connectivity index (χ1n) is 6.92. The number of nitrogens with one attached hydrogen (secondary N) is 1. The van der Waals surface area contributed by atoms with Crippen molar-refractivity contribution >= 4 is 22.6 Å². The first kappa shape index (κ1) is 13.7. The van der Waals surface area contributed by atoms with Crippen LogP contribution in [0, 0.1) is 0 Å². The van der Waals surface area contributed by atoms with Crippen LogP contribution in [0.1, 0.15) is 0 Å². The van der Waals surface area contributed by atoms with Crippen molar-refractivity contribution in [3.05, 3.63) is 69.8 Å². The Morgan fingerprint density at radius 1 is 0.957 bits per heavy atom. The Morgan fingerprint density at radius 2 is 1.70 bits per heavy atom. The lowest BCUT2D eigenvalue weighted by molar-refractivity contribution is 0.616. The van der Waals surface area contributed by atoms with Crippen molar-refractivity contribution in [3.63, 3.8) is 0 Å². The normalized spacial score (nSPS) is 11.0. The van der Waals surface area contributed by atoms with Crippen molar-refractivity contribution in [2.24, 2.45) is 0 Å². The second-order valence-corrected chi connectivity index (χ2v) is 5.44. The Kier molecular flexibility index (Phi) is 3.20. The second kappa shape index (κ2) is 5.37. The fraction of sp³-hybridized carbons (Fsp3) is 0. The van der Waals surface area contributed by atoms with Crippen molar-refractivity contribution < 1.29 is 4.42 Å². The van der Waals surface area contributed by atoms with Crippen molar-refractivity contribution in [3.8, 4) is 22.7 Å². The number of nitrogens with zero attached hydrogens (tertiary/aromatic N) is 2. The van der Waals surface area contributed by atoms with Gasteiger partial charge in [-0.15, -0.1) is 0 Å². The van der Waals surface area contributed by atoms with Crippen LogP contribution < -0.4 is 5.43 Å². The number of halogens is 1. The van der Waals surface area contributed by atoms with Crippen LogP contribution >= 0.6 is 11.6 Å². The highest BCUT2D eigenvalue weighted by Crippen LogP contribution is 2.29. The molecule has 2 heterocycles. The maximum atomic E-state index is 12.3. The van der Waals surface area contributed by atoms with Gasteiger partial charge in [-0.3, -0.25) is 4.79 Å². The van der Waals surface area contributed by atoms with Crippen LogP contribution in [0.2, 0.25) is 5.02 Å². The molecule has 23 heavy (non-hydrogen) atoms. The number of benzene rings is 2. The number of aromatic amines is 1. The summed E-state index contributed by atoms with van der Waals surface area (Å²) in [5.74, 6) is 0.368. The van der Waals surface area contributed by atoms with Gasteiger partial charge in [-0.05, 0) is 24.3 Å². The fourth-order valence-electron chi connectivity index (χ4n) is 2.43. The van der Waals surface area contributed by atoms with Crippen LogP contribution in [0.5, 0.6) is 0 Å². The maximum absolute atomic E-state index is 12.3. The van der Waals surface area contributed by atoms with Crippen LogP contribution in [-0.2, 0) is 0 Å². The number of fused-ring (bicyclic) bond motifs is 1. The molecule has 0 saturated heterocycles. The molecule has 0 unspecified atom stereocenters. The van der Waals surface area contributed by atoms with E-state index in [0.717, 1.165) is 5.56 Å². The molecule has 0 aliphatic heterocycles. The summed E-state index contributed by atoms with van der Waals surface area (Å²) in [5.41, 5.74) is 2.30. The van der Waals surface area contributed by atoms with Gasteiger partial charge in [0, 0.05) is 16.7 Å². The molecule has 0 bridgehead atoms. The third kappa shape index (κ3) is 2.41. The summed E-state index contributed by atoms with van der Waals surface area (Å²) in [6.45, 7) is 0. The van der Waals surface area contributed by atoms with Crippen LogP contribution in [0.3, 0.4) is 0 Å². The highest BCUT2D eigenvalue weighted by molar-refractivity contribution is 6.30. The molecule has 112 valence electrons. The van der Waals surface area contributed by atoms with E-state index in [9.17, 15) is 4.79 Å². The number of H-pyrrole nitrogens is 1. The average molecular weight is 324 g/mol. The minimum absolute atomic E-state index is 0.119. The zero-order chi connectivity index (χ0) is 15.8. The molecule has 4 aromatic rings. The number of rotatable bonds is 2. The van der Waals surface area contributed by atoms with Gasteiger partial charge in [0.05, 0.1) is 5.39 Å². The fourth-order valence-corrected chi connectivity index (χ4v) is 2.56. The standard InChI is InChI=1S/C17H10ClN3O2/c18-11-7-5-10(6-8-11)16-17(20-21-19-16)15-9-13(22)12-3-1-2-4-14(12)23-15/h1-9H,(H,19,20,21). The van der Waals surface area contributed by atoms with Gasteiger partial charge in [0.1, 0.15) is 11.3 Å². The van der Waals surface area contributed by atoms with Gasteiger partial charge in [0.2, 0.25) is 0 Å². The monoisotopic (exact) mass is 323 g/mol. The SMILES string of the molecule is O=c1cc(-c2n[nH]nc2-c2ccc(Cl)cc2)oc2ccccc12. The highest BCUT2D eigenvalue weighted by atomic mass is 35.5. The largest absolute Gasteiger partial charge is 0.454 e. The molecule has 0 atom stereocenters. The second-order valence-electron chi connectivity index (χ2n) is 5.00. The predicted octanol–water partition coefficient (Wildman–Crippen LogP) is 3.90. The van der Waals surface area contributed by atoms with E-state index in [0.29, 0.717) is 33.1 Å². The van der Waals surface area contributed by atoms with E-state index in [2.05, 4.69) is 15.4 Å². The molecule has 0 radical (unpaired) electrons. The minimum Gasteiger partial charge on any atom is -0.454 e. The summed E-state index contributed by atoms with van der Waals surface area (Å²) in [5, 5.41) is 12.0. The molecule has 4 rings (SSSR count). The summed E-state index contributed by atoms with van der Waals surface area (Å²) >= 11 is 5.91. The van der Waals surface area contributed by atoms with E-state index in [4.69, 9.17) is 16.0 Å². The number of aromatic nitrogens is 3. The molecule has 6 heteroatoms. The third-order valence-electron chi connectivity index (χ3n) is 3.53. The molecule has 0 fully saturated rings. The van der Waals surface area contributed by atoms with E-state index in [1.54, 1.807) is 30.3 Å². The van der Waals surface area contributed by atoms with Gasteiger partial charge in [-0.2, -0.15) is 15.4 Å². The van der Waals surface area contributed by atoms with Gasteiger partial charge in [0.15, 0.2) is 16.9 Å². The molecule has 2 aromatic carbocycles. The smallest absolute Gasteiger partial charge is 0.193 e. The quantitative estimate of drug-likeness (QED) is 0.607. The van der Waals surface area contributed by atoms with Gasteiger partial charge < -0.3 is 4.42 Å². The van der Waals surface area contributed by atoms with E-state index in [1.807, 2.05) is 18.2 Å². The molecule has 0 aliphatic carbocycles. The molecular formula is C17H10ClN3O2. The lowest BCUT2D eigenvalue weighted by atomic mass is 10.1. The lowest BCUT2D eigenvalue weighted by Crippen LogP contribution is -2.00. The molecule has 0 saturated carbocycles. The molecule has 0 spiro atoms. The zero-order valence-corrected chi connectivity index (χ0v) is 12.5. The first-order valence-corrected chi connectivity index (χ1v) is 7.30. The number of hydrogen-bond donors (Lipinski definition) is 1. The Hall–Kier alpha value is -2.92. The first-order chi connectivity index (χ1) is 11.2. The molecular weight excluding hydrogens is 314 g/mol. The highest BCUT2D eigenvalue weighted by Gasteiger charge is 2.16. The van der Waals surface area contributed by atoms with Crippen LogP contribution in [0.4, 0.5) is 0 Å². The summed E-state index contributed by atoms with van der Waals surface area (Å²) in [6.07, 6.45) is 0. The van der Waals surface area contributed by atoms with Gasteiger partial charge in [-0.25, -0.2) is 0 Å². The Labute approximate surface area is 135 Å². The average Bonchev–Trinajstić information content (AvgIpc) is 3.05. The predicted molar refractivity (Wildman–Crippen MR) is 88.3 cm³/mol. The zero-order valence-electron chi connectivity index (χ0n) is 11.8. The van der Waals surface area contributed by atoms with E-state index < -0.39 is 0 Å². The Bertz CT molecular complexity index is 1050. The van der Waals surface area contributed by atoms with Crippen molar-refractivity contribution in [1.82, 2.24) is 15.4 Å². The van der Waals surface area contributed by atoms with Crippen molar-refractivity contribution in [2.45, 2.75) is 0 Å². The van der Waals surface area contributed by atoms with Gasteiger partial charge in [-0.1, -0.05) is 35.9 Å². The third-order valence-corrected chi connectivity index (χ3v) is 3.79. The van der Waals surface area contributed by atoms with Crippen LogP contribution in [-0.4, -0.2) is 15.4 Å². The Morgan fingerprint density at radius 3 is 2.52 bits per heavy atom. The summed E-state index contributed by atoms with van der Waals surface area (Å²) in [7, 11) is 0. The summed E-state index contributed by atoms with van der Waals surface area (Å²) in [6, 6.07) is 15.7. The molecule has 1 N–H and O–H groups in total. The maximum Gasteiger partial charge on any atom is 0.193 e. The van der Waals surface area contributed by atoms with E-state index in [1.165, 1.54) is 6.07 Å². The summed E-state index contributed by atoms with van der Waals surface area (Å²) in [4.78, 5) is 12.3. The summed E-state index contributed by atoms with van der Waals surface area (Å²) < 4.78 is 5.82. The molecule has 2 aromatic heterocycles. The van der Waals surface area contributed by atoms with Gasteiger partial charge >= 0.3 is 0 Å². The molecule has 0 aliphatic rings. The molecule has 5 nitrogen and oxygen atoms in total. The number of hydrogen-bond acceptors (Lipinski definition) is 4. The lowest BCUT2D eigenvalue weighted by Gasteiger charge is -2.03. The van der Waals surface area contributed by atoms with E-state index in [-0.39, 0.29) is 5.43 Å². The number of para-hydroxylation sites is 1. The van der Waals surface area contributed by atoms with Gasteiger partial charge in [0.25, 0.3) is 0 Å². The molecule has 0 amide bonds. The Balaban J connectivity index is 1.91. The van der Waals surface area contributed by atoms with Crippen molar-refractivity contribution in [2.75, 3.05) is 0 Å². The van der Waals surface area contributed by atoms with E-state index >= 15 is 0 Å². The minimum atomic E-state index is -0.119. The van der Waals surface area contributed by atoms with Crippen LogP contribution in [0.15, 0.2) is 63.8 Å². The van der Waals surface area contributed by atoms with Crippen molar-refractivity contribution in [1.29, 1.82) is 0 Å². The topological polar surface area (TPSA) is 71.8 Å². The van der Waals surface area contributed by atoms with Crippen LogP contribution in [0.25, 0.3) is 33.7 Å².